The highest BCUT2D eigenvalue weighted by molar-refractivity contribution is 5.80. The number of hydrogen-bond donors (Lipinski definition) is 4. The predicted octanol–water partition coefficient (Wildman–Crippen LogP) is -0.813. The van der Waals surface area contributed by atoms with Gasteiger partial charge in [0, 0.05) is 26.6 Å². The van der Waals surface area contributed by atoms with Crippen molar-refractivity contribution in [3.8, 4) is 0 Å². The summed E-state index contributed by atoms with van der Waals surface area (Å²) in [5.74, 6) is 6.25. The molecule has 6 heteroatoms. The first-order valence-corrected chi connectivity index (χ1v) is 5.05. The zero-order valence-electron chi connectivity index (χ0n) is 9.63. The standard InChI is InChI=1S/C9H21N5O/c1-7(2)6-13-9(14-10)12-5-4-8(15)11-3/h7H,4-6,10H2,1-3H3,(H,11,15)(H2,12,13,14). The van der Waals surface area contributed by atoms with Gasteiger partial charge in [-0.1, -0.05) is 13.8 Å². The number of carbonyl (C=O) groups is 1. The third-order valence-corrected chi connectivity index (χ3v) is 1.67. The minimum absolute atomic E-state index is 0.0114. The molecular formula is C9H21N5O. The molecule has 0 unspecified atom stereocenters. The third-order valence-electron chi connectivity index (χ3n) is 1.67. The van der Waals surface area contributed by atoms with Crippen LogP contribution in [0.25, 0.3) is 0 Å². The number of carbonyl (C=O) groups excluding carboxylic acids is 1. The summed E-state index contributed by atoms with van der Waals surface area (Å²) in [5, 5.41) is 5.48. The molecule has 0 spiro atoms. The molecule has 1 amide bonds. The fourth-order valence-electron chi connectivity index (χ4n) is 0.846. The molecule has 0 atom stereocenters. The van der Waals surface area contributed by atoms with Crippen LogP contribution in [0, 0.1) is 5.92 Å². The Bertz CT molecular complexity index is 215. The van der Waals surface area contributed by atoms with Gasteiger partial charge in [0.15, 0.2) is 0 Å². The Morgan fingerprint density at radius 3 is 2.60 bits per heavy atom. The second-order valence-electron chi connectivity index (χ2n) is 3.58. The average molecular weight is 215 g/mol. The molecule has 0 aliphatic rings. The van der Waals surface area contributed by atoms with Crippen LogP contribution in [-0.2, 0) is 4.79 Å². The van der Waals surface area contributed by atoms with Crippen molar-refractivity contribution < 1.29 is 4.79 Å². The third kappa shape index (κ3) is 7.75. The molecule has 6 nitrogen and oxygen atoms in total. The summed E-state index contributed by atoms with van der Waals surface area (Å²) in [6.07, 6.45) is 0.402. The van der Waals surface area contributed by atoms with Crippen LogP contribution in [0.3, 0.4) is 0 Å². The van der Waals surface area contributed by atoms with E-state index in [1.807, 2.05) is 0 Å². The molecule has 0 fully saturated rings. The van der Waals surface area contributed by atoms with Crippen molar-refractivity contribution in [2.45, 2.75) is 20.3 Å². The normalized spacial score (nSPS) is 11.4. The summed E-state index contributed by atoms with van der Waals surface area (Å²) in [6.45, 7) is 5.36. The lowest BCUT2D eigenvalue weighted by molar-refractivity contribution is -0.120. The number of guanidine groups is 1. The lowest BCUT2D eigenvalue weighted by Crippen LogP contribution is -2.43. The highest BCUT2D eigenvalue weighted by atomic mass is 16.1. The summed E-state index contributed by atoms with van der Waals surface area (Å²) >= 11 is 0. The number of rotatable bonds is 5. The van der Waals surface area contributed by atoms with Crippen molar-refractivity contribution in [3.05, 3.63) is 0 Å². The first kappa shape index (κ1) is 13.7. The number of nitrogens with one attached hydrogen (secondary N) is 3. The number of hydrogen-bond acceptors (Lipinski definition) is 3. The summed E-state index contributed by atoms with van der Waals surface area (Å²) in [7, 11) is 1.61. The van der Waals surface area contributed by atoms with Gasteiger partial charge in [-0.05, 0) is 5.92 Å². The van der Waals surface area contributed by atoms with Crippen LogP contribution in [0.15, 0.2) is 4.99 Å². The van der Waals surface area contributed by atoms with Crippen LogP contribution in [0.1, 0.15) is 20.3 Å². The van der Waals surface area contributed by atoms with Crippen LogP contribution < -0.4 is 21.9 Å². The first-order chi connectivity index (χ1) is 7.10. The second kappa shape index (κ2) is 8.05. The van der Waals surface area contributed by atoms with E-state index in [9.17, 15) is 4.79 Å². The lowest BCUT2D eigenvalue weighted by Gasteiger charge is -2.09. The van der Waals surface area contributed by atoms with E-state index in [1.165, 1.54) is 0 Å². The van der Waals surface area contributed by atoms with Crippen LogP contribution in [-0.4, -0.2) is 32.0 Å². The molecule has 0 aliphatic carbocycles. The van der Waals surface area contributed by atoms with Crippen LogP contribution >= 0.6 is 0 Å². The molecule has 0 radical (unpaired) electrons. The van der Waals surface area contributed by atoms with E-state index in [0.29, 0.717) is 31.4 Å². The van der Waals surface area contributed by atoms with Gasteiger partial charge in [0.2, 0.25) is 11.9 Å². The number of aliphatic imine (C=N–C) groups is 1. The predicted molar refractivity (Wildman–Crippen MR) is 61.1 cm³/mol. The van der Waals surface area contributed by atoms with Gasteiger partial charge in [-0.25, -0.2) is 5.84 Å². The van der Waals surface area contributed by atoms with Crippen LogP contribution in [0.2, 0.25) is 0 Å². The van der Waals surface area contributed by atoms with Crippen molar-refractivity contribution in [3.63, 3.8) is 0 Å². The van der Waals surface area contributed by atoms with E-state index in [1.54, 1.807) is 7.05 Å². The van der Waals surface area contributed by atoms with Crippen molar-refractivity contribution in [2.24, 2.45) is 16.8 Å². The van der Waals surface area contributed by atoms with Crippen molar-refractivity contribution in [2.75, 3.05) is 20.1 Å². The van der Waals surface area contributed by atoms with Crippen molar-refractivity contribution in [1.29, 1.82) is 0 Å². The Labute approximate surface area is 90.7 Å². The van der Waals surface area contributed by atoms with Crippen LogP contribution in [0.5, 0.6) is 0 Å². The Morgan fingerprint density at radius 2 is 2.13 bits per heavy atom. The Kier molecular flexibility index (Phi) is 7.35. The fraction of sp³-hybridized carbons (Fsp3) is 0.778. The number of hydrazine groups is 1. The molecule has 0 heterocycles. The highest BCUT2D eigenvalue weighted by Gasteiger charge is 1.99. The summed E-state index contributed by atoms with van der Waals surface area (Å²) in [6, 6.07) is 0. The van der Waals surface area contributed by atoms with Gasteiger partial charge in [-0.2, -0.15) is 0 Å². The first-order valence-electron chi connectivity index (χ1n) is 5.05. The number of nitrogens with two attached hydrogens (primary N) is 1. The Hall–Kier alpha value is -1.30. The van der Waals surface area contributed by atoms with Gasteiger partial charge in [0.25, 0.3) is 0 Å². The molecule has 15 heavy (non-hydrogen) atoms. The second-order valence-corrected chi connectivity index (χ2v) is 3.58. The summed E-state index contributed by atoms with van der Waals surface area (Å²) in [4.78, 5) is 15.1. The zero-order chi connectivity index (χ0) is 11.7. The number of nitrogens with zero attached hydrogens (tertiary/aromatic N) is 1. The van der Waals surface area contributed by atoms with E-state index in [2.05, 4.69) is 34.9 Å². The SMILES string of the molecule is CNC(=O)CCNC(=NCC(C)C)NN. The number of amides is 1. The average Bonchev–Trinajstić information content (AvgIpc) is 2.22. The smallest absolute Gasteiger partial charge is 0.221 e. The van der Waals surface area contributed by atoms with Gasteiger partial charge < -0.3 is 10.6 Å². The summed E-state index contributed by atoms with van der Waals surface area (Å²) < 4.78 is 0. The Morgan fingerprint density at radius 1 is 1.47 bits per heavy atom. The quantitative estimate of drug-likeness (QED) is 0.209. The van der Waals surface area contributed by atoms with E-state index >= 15 is 0 Å². The van der Waals surface area contributed by atoms with E-state index in [-0.39, 0.29) is 5.91 Å². The van der Waals surface area contributed by atoms with Crippen molar-refractivity contribution >= 4 is 11.9 Å². The maximum absolute atomic E-state index is 10.9. The van der Waals surface area contributed by atoms with E-state index in [0.717, 1.165) is 0 Å². The molecule has 88 valence electrons. The minimum Gasteiger partial charge on any atom is -0.359 e. The molecule has 0 aromatic heterocycles. The van der Waals surface area contributed by atoms with Gasteiger partial charge in [-0.15, -0.1) is 0 Å². The zero-order valence-corrected chi connectivity index (χ0v) is 9.63. The highest BCUT2D eigenvalue weighted by Crippen LogP contribution is 1.90. The monoisotopic (exact) mass is 215 g/mol. The minimum atomic E-state index is -0.0114. The molecule has 0 bridgehead atoms. The maximum Gasteiger partial charge on any atom is 0.221 e. The van der Waals surface area contributed by atoms with E-state index in [4.69, 9.17) is 5.84 Å². The molecule has 0 aliphatic heterocycles. The summed E-state index contributed by atoms with van der Waals surface area (Å²) in [5.41, 5.74) is 2.46. The molecule has 0 rings (SSSR count). The molecule has 0 aromatic carbocycles. The molecule has 0 saturated carbocycles. The molecule has 5 N–H and O–H groups in total. The lowest BCUT2D eigenvalue weighted by atomic mass is 10.2. The molecular weight excluding hydrogens is 194 g/mol. The van der Waals surface area contributed by atoms with Gasteiger partial charge in [0.1, 0.15) is 0 Å². The largest absolute Gasteiger partial charge is 0.359 e. The molecule has 0 aromatic rings. The molecule has 0 saturated heterocycles. The fourth-order valence-corrected chi connectivity index (χ4v) is 0.846. The van der Waals surface area contributed by atoms with E-state index < -0.39 is 0 Å². The topological polar surface area (TPSA) is 91.5 Å². The van der Waals surface area contributed by atoms with Gasteiger partial charge in [-0.3, -0.25) is 15.2 Å². The Balaban J connectivity index is 3.79. The van der Waals surface area contributed by atoms with Gasteiger partial charge >= 0.3 is 0 Å². The maximum atomic E-state index is 10.9. The van der Waals surface area contributed by atoms with Gasteiger partial charge in [0.05, 0.1) is 0 Å². The van der Waals surface area contributed by atoms with Crippen molar-refractivity contribution in [1.82, 2.24) is 16.1 Å². The van der Waals surface area contributed by atoms with Crippen LogP contribution in [0.4, 0.5) is 0 Å².